The summed E-state index contributed by atoms with van der Waals surface area (Å²) in [5.41, 5.74) is 2.57. The highest BCUT2D eigenvalue weighted by Gasteiger charge is 2.33. The second kappa shape index (κ2) is 8.58. The zero-order chi connectivity index (χ0) is 15.3. The fourth-order valence-corrected chi connectivity index (χ4v) is 3.62. The molecule has 0 aromatic heterocycles. The van der Waals surface area contributed by atoms with Gasteiger partial charge in [0.1, 0.15) is 0 Å². The Balaban J connectivity index is 0.00000192. The van der Waals surface area contributed by atoms with Crippen LogP contribution in [0.2, 0.25) is 0 Å². The normalized spacial score (nSPS) is 30.9. The molecule has 1 spiro atoms. The van der Waals surface area contributed by atoms with Gasteiger partial charge in [0.25, 0.3) is 0 Å². The van der Waals surface area contributed by atoms with Gasteiger partial charge in [-0.05, 0) is 56.4 Å². The Labute approximate surface area is 142 Å². The van der Waals surface area contributed by atoms with E-state index in [0.29, 0.717) is 6.61 Å². The summed E-state index contributed by atoms with van der Waals surface area (Å²) in [4.78, 5) is 2.46. The Hall–Kier alpha value is -1.22. The lowest BCUT2D eigenvalue weighted by atomic mass is 10.1. The molecule has 3 aliphatic rings. The maximum absolute atomic E-state index is 6.26. The first kappa shape index (κ1) is 18.1. The van der Waals surface area contributed by atoms with Gasteiger partial charge in [0.15, 0.2) is 0 Å². The van der Waals surface area contributed by atoms with Crippen LogP contribution < -0.4 is 0 Å². The van der Waals surface area contributed by atoms with Crippen LogP contribution in [0.1, 0.15) is 65.7 Å². The molecule has 0 amide bonds. The number of hydrogen-bond donors (Lipinski definition) is 0. The van der Waals surface area contributed by atoms with Crippen LogP contribution in [-0.4, -0.2) is 30.4 Å². The monoisotopic (exact) mass is 319 g/mol. The predicted octanol–water partition coefficient (Wildman–Crippen LogP) is 5.16. The summed E-state index contributed by atoms with van der Waals surface area (Å²) in [5, 5.41) is 0. The Morgan fingerprint density at radius 3 is 2.39 bits per heavy atom. The van der Waals surface area contributed by atoms with Gasteiger partial charge in [0.05, 0.1) is 12.9 Å². The van der Waals surface area contributed by atoms with E-state index in [9.17, 15) is 0 Å². The van der Waals surface area contributed by atoms with Gasteiger partial charge in [-0.2, -0.15) is 0 Å². The highest BCUT2D eigenvalue weighted by Crippen LogP contribution is 2.33. The molecule has 0 unspecified atom stereocenters. The zero-order valence-electron chi connectivity index (χ0n) is 13.9. The Bertz CT molecular complexity index is 450. The van der Waals surface area contributed by atoms with Crippen molar-refractivity contribution >= 4 is 0 Å². The standard InChI is InChI=1S/C19H29NO2.CH4/c1-17-15-18(20-12-6-7-13-20)9-8-14-21-19(22-16-17)10-4-2-3-5-11-19;/h8-9,14-15H,2-7,10-13,16H2,1H3;1H4/b14-8+,17-15+,18-9+;. The van der Waals surface area contributed by atoms with E-state index in [1.165, 1.54) is 49.8 Å². The number of hydrogen-bond acceptors (Lipinski definition) is 3. The SMILES string of the molecule is C.C\C1=C/C(N2CCCC2)=C\C=C\OC2(CCCCCC2)OC1. The van der Waals surface area contributed by atoms with Crippen LogP contribution in [0.4, 0.5) is 0 Å². The van der Waals surface area contributed by atoms with Crippen LogP contribution in [0, 0.1) is 0 Å². The molecule has 3 nitrogen and oxygen atoms in total. The minimum absolute atomic E-state index is 0. The summed E-state index contributed by atoms with van der Waals surface area (Å²) >= 11 is 0. The van der Waals surface area contributed by atoms with Crippen molar-refractivity contribution in [3.05, 3.63) is 35.8 Å². The number of allylic oxidation sites excluding steroid dienone is 3. The number of nitrogens with zero attached hydrogens (tertiary/aromatic N) is 1. The Kier molecular flexibility index (Phi) is 6.76. The quantitative estimate of drug-likeness (QED) is 0.666. The second-order valence-corrected chi connectivity index (χ2v) is 6.84. The minimum Gasteiger partial charge on any atom is -0.470 e. The molecule has 0 bridgehead atoms. The van der Waals surface area contributed by atoms with E-state index in [1.807, 2.05) is 12.3 Å². The van der Waals surface area contributed by atoms with Crippen molar-refractivity contribution in [1.29, 1.82) is 0 Å². The van der Waals surface area contributed by atoms with Crippen LogP contribution in [0.25, 0.3) is 0 Å². The lowest BCUT2D eigenvalue weighted by Gasteiger charge is -2.32. The fraction of sp³-hybridized carbons (Fsp3) is 0.700. The van der Waals surface area contributed by atoms with E-state index in [0.717, 1.165) is 25.9 Å². The molecular formula is C20H33NO2. The topological polar surface area (TPSA) is 21.7 Å². The Morgan fingerprint density at radius 2 is 1.70 bits per heavy atom. The van der Waals surface area contributed by atoms with E-state index in [2.05, 4.69) is 24.0 Å². The summed E-state index contributed by atoms with van der Waals surface area (Å²) in [5.74, 6) is -0.402. The molecule has 3 heteroatoms. The molecule has 0 atom stereocenters. The molecule has 2 heterocycles. The smallest absolute Gasteiger partial charge is 0.209 e. The second-order valence-electron chi connectivity index (χ2n) is 6.84. The summed E-state index contributed by atoms with van der Waals surface area (Å²) in [7, 11) is 0. The van der Waals surface area contributed by atoms with Crippen molar-refractivity contribution in [2.24, 2.45) is 0 Å². The van der Waals surface area contributed by atoms with Gasteiger partial charge in [0.2, 0.25) is 5.79 Å². The van der Waals surface area contributed by atoms with Crippen molar-refractivity contribution in [2.75, 3.05) is 19.7 Å². The van der Waals surface area contributed by atoms with Gasteiger partial charge in [-0.3, -0.25) is 0 Å². The van der Waals surface area contributed by atoms with E-state index >= 15 is 0 Å². The third kappa shape index (κ3) is 4.87. The Morgan fingerprint density at radius 1 is 1.00 bits per heavy atom. The molecule has 0 aromatic carbocycles. The fourth-order valence-electron chi connectivity index (χ4n) is 3.62. The van der Waals surface area contributed by atoms with Crippen molar-refractivity contribution in [3.63, 3.8) is 0 Å². The van der Waals surface area contributed by atoms with E-state index in [1.54, 1.807) is 0 Å². The summed E-state index contributed by atoms with van der Waals surface area (Å²) < 4.78 is 12.4. The molecule has 2 aliphatic heterocycles. The van der Waals surface area contributed by atoms with Gasteiger partial charge in [-0.15, -0.1) is 0 Å². The highest BCUT2D eigenvalue weighted by atomic mass is 16.7. The average molecular weight is 319 g/mol. The molecule has 0 N–H and O–H groups in total. The first-order valence-electron chi connectivity index (χ1n) is 8.88. The van der Waals surface area contributed by atoms with Crippen molar-refractivity contribution in [1.82, 2.24) is 4.90 Å². The zero-order valence-corrected chi connectivity index (χ0v) is 13.9. The van der Waals surface area contributed by atoms with Crippen LogP contribution in [0.15, 0.2) is 35.8 Å². The van der Waals surface area contributed by atoms with Crippen molar-refractivity contribution in [3.8, 4) is 0 Å². The van der Waals surface area contributed by atoms with E-state index in [4.69, 9.17) is 9.47 Å². The van der Waals surface area contributed by atoms with Crippen LogP contribution in [0.5, 0.6) is 0 Å². The van der Waals surface area contributed by atoms with E-state index < -0.39 is 5.79 Å². The van der Waals surface area contributed by atoms with Gasteiger partial charge in [0, 0.05) is 31.6 Å². The van der Waals surface area contributed by atoms with Gasteiger partial charge < -0.3 is 14.4 Å². The third-order valence-corrected chi connectivity index (χ3v) is 4.92. The molecule has 23 heavy (non-hydrogen) atoms. The highest BCUT2D eigenvalue weighted by molar-refractivity contribution is 5.26. The average Bonchev–Trinajstić information content (AvgIpc) is 2.96. The molecule has 1 saturated carbocycles. The maximum Gasteiger partial charge on any atom is 0.209 e. The number of likely N-dealkylation sites (tertiary alicyclic amines) is 1. The lowest BCUT2D eigenvalue weighted by molar-refractivity contribution is -0.209. The number of rotatable bonds is 1. The third-order valence-electron chi connectivity index (χ3n) is 4.92. The molecule has 130 valence electrons. The van der Waals surface area contributed by atoms with Gasteiger partial charge in [-0.1, -0.05) is 20.3 Å². The number of ether oxygens (including phenoxy) is 2. The molecule has 0 radical (unpaired) electrons. The molecule has 1 saturated heterocycles. The molecular weight excluding hydrogens is 286 g/mol. The first-order chi connectivity index (χ1) is 10.8. The van der Waals surface area contributed by atoms with Gasteiger partial charge >= 0.3 is 0 Å². The van der Waals surface area contributed by atoms with Crippen molar-refractivity contribution < 1.29 is 9.47 Å². The summed E-state index contributed by atoms with van der Waals surface area (Å²) in [6.07, 6.45) is 18.0. The summed E-state index contributed by atoms with van der Waals surface area (Å²) in [6.45, 7) is 5.16. The summed E-state index contributed by atoms with van der Waals surface area (Å²) in [6, 6.07) is 0. The van der Waals surface area contributed by atoms with Crippen LogP contribution in [0.3, 0.4) is 0 Å². The molecule has 3 rings (SSSR count). The van der Waals surface area contributed by atoms with E-state index in [-0.39, 0.29) is 7.43 Å². The first-order valence-corrected chi connectivity index (χ1v) is 8.88. The molecule has 2 fully saturated rings. The minimum atomic E-state index is -0.402. The van der Waals surface area contributed by atoms with Crippen LogP contribution >= 0.6 is 0 Å². The predicted molar refractivity (Wildman–Crippen MR) is 96.0 cm³/mol. The van der Waals surface area contributed by atoms with Crippen LogP contribution in [-0.2, 0) is 9.47 Å². The van der Waals surface area contributed by atoms with Crippen molar-refractivity contribution in [2.45, 2.75) is 71.5 Å². The lowest BCUT2D eigenvalue weighted by Crippen LogP contribution is -2.34. The molecule has 0 aromatic rings. The molecule has 1 aliphatic carbocycles. The maximum atomic E-state index is 6.26. The largest absolute Gasteiger partial charge is 0.470 e. The van der Waals surface area contributed by atoms with Gasteiger partial charge in [-0.25, -0.2) is 0 Å².